The first-order chi connectivity index (χ1) is 9.67. The molecular formula is C15H14N4O. The summed E-state index contributed by atoms with van der Waals surface area (Å²) in [6.45, 7) is 2.19. The van der Waals surface area contributed by atoms with Gasteiger partial charge in [-0.3, -0.25) is 4.79 Å². The molecule has 20 heavy (non-hydrogen) atoms. The molecule has 1 N–H and O–H groups in total. The van der Waals surface area contributed by atoms with Crippen LogP contribution in [0.4, 0.5) is 0 Å². The average Bonchev–Trinajstić information content (AvgIpc) is 2.46. The molecule has 1 amide bonds. The van der Waals surface area contributed by atoms with E-state index in [2.05, 4.69) is 15.3 Å². The van der Waals surface area contributed by atoms with Crippen molar-refractivity contribution in [1.29, 1.82) is 5.26 Å². The Labute approximate surface area is 117 Å². The molecule has 1 heterocycles. The molecule has 5 heteroatoms. The van der Waals surface area contributed by atoms with Crippen LogP contribution in [0.1, 0.15) is 22.6 Å². The molecule has 1 aromatic heterocycles. The molecular weight excluding hydrogens is 252 g/mol. The predicted octanol–water partition coefficient (Wildman–Crippen LogP) is 1.52. The maximum Gasteiger partial charge on any atom is 0.224 e. The Morgan fingerprint density at radius 2 is 2.05 bits per heavy atom. The molecule has 100 valence electrons. The van der Waals surface area contributed by atoms with Gasteiger partial charge in [0.2, 0.25) is 5.91 Å². The van der Waals surface area contributed by atoms with Crippen LogP contribution in [0.15, 0.2) is 36.5 Å². The fourth-order valence-electron chi connectivity index (χ4n) is 1.74. The maximum absolute atomic E-state index is 11.8. The van der Waals surface area contributed by atoms with Crippen molar-refractivity contribution in [3.05, 3.63) is 59.2 Å². The summed E-state index contributed by atoms with van der Waals surface area (Å²) in [5, 5.41) is 11.5. The predicted molar refractivity (Wildman–Crippen MR) is 73.5 cm³/mol. The van der Waals surface area contributed by atoms with Crippen LogP contribution in [0, 0.1) is 18.3 Å². The monoisotopic (exact) mass is 266 g/mol. The molecule has 0 atom stereocenters. The van der Waals surface area contributed by atoms with E-state index in [9.17, 15) is 4.79 Å². The Morgan fingerprint density at radius 3 is 2.70 bits per heavy atom. The van der Waals surface area contributed by atoms with Crippen molar-refractivity contribution in [1.82, 2.24) is 15.3 Å². The number of nitrogens with one attached hydrogen (secondary N) is 1. The highest BCUT2D eigenvalue weighted by Gasteiger charge is 2.04. The summed E-state index contributed by atoms with van der Waals surface area (Å²) < 4.78 is 0. The van der Waals surface area contributed by atoms with Gasteiger partial charge in [0.25, 0.3) is 0 Å². The zero-order chi connectivity index (χ0) is 14.4. The van der Waals surface area contributed by atoms with Crippen molar-refractivity contribution in [2.75, 3.05) is 0 Å². The molecule has 0 bridgehead atoms. The van der Waals surface area contributed by atoms with Gasteiger partial charge in [-0.15, -0.1) is 0 Å². The number of aryl methyl sites for hydroxylation is 1. The lowest BCUT2D eigenvalue weighted by atomic mass is 10.1. The largest absolute Gasteiger partial charge is 0.350 e. The molecule has 0 spiro atoms. The third-order valence-corrected chi connectivity index (χ3v) is 2.75. The molecule has 0 saturated carbocycles. The van der Waals surface area contributed by atoms with Crippen LogP contribution in [0.2, 0.25) is 0 Å². The highest BCUT2D eigenvalue weighted by atomic mass is 16.1. The van der Waals surface area contributed by atoms with E-state index in [4.69, 9.17) is 5.26 Å². The molecule has 2 rings (SSSR count). The Balaban J connectivity index is 1.87. The van der Waals surface area contributed by atoms with Crippen LogP contribution in [-0.4, -0.2) is 15.9 Å². The minimum Gasteiger partial charge on any atom is -0.350 e. The number of aromatic nitrogens is 2. The van der Waals surface area contributed by atoms with Gasteiger partial charge in [0.15, 0.2) is 0 Å². The van der Waals surface area contributed by atoms with Gasteiger partial charge < -0.3 is 5.32 Å². The number of amides is 1. The standard InChI is InChI=1S/C15H14N4O/c1-11-17-7-6-14(19-11)10-18-15(20)8-12-2-4-13(9-16)5-3-12/h2-7H,8,10H2,1H3,(H,18,20). The number of carbonyl (C=O) groups is 1. The first kappa shape index (κ1) is 13.7. The van der Waals surface area contributed by atoms with E-state index in [0.717, 1.165) is 11.3 Å². The minimum absolute atomic E-state index is 0.0778. The van der Waals surface area contributed by atoms with Gasteiger partial charge in [0, 0.05) is 6.20 Å². The van der Waals surface area contributed by atoms with Crippen LogP contribution in [-0.2, 0) is 17.8 Å². The van der Waals surface area contributed by atoms with Crippen molar-refractivity contribution in [3.8, 4) is 6.07 Å². The van der Waals surface area contributed by atoms with Crippen LogP contribution in [0.25, 0.3) is 0 Å². The van der Waals surface area contributed by atoms with Crippen LogP contribution in [0.5, 0.6) is 0 Å². The highest BCUT2D eigenvalue weighted by molar-refractivity contribution is 5.78. The molecule has 0 aliphatic carbocycles. The number of nitriles is 1. The Hall–Kier alpha value is -2.74. The fraction of sp³-hybridized carbons (Fsp3) is 0.200. The SMILES string of the molecule is Cc1nccc(CNC(=O)Cc2ccc(C#N)cc2)n1. The smallest absolute Gasteiger partial charge is 0.224 e. The summed E-state index contributed by atoms with van der Waals surface area (Å²) in [4.78, 5) is 20.0. The normalized spacial score (nSPS) is 9.80. The number of carbonyl (C=O) groups excluding carboxylic acids is 1. The summed E-state index contributed by atoms with van der Waals surface area (Å²) in [7, 11) is 0. The average molecular weight is 266 g/mol. The van der Waals surface area contributed by atoms with Crippen LogP contribution >= 0.6 is 0 Å². The lowest BCUT2D eigenvalue weighted by Crippen LogP contribution is -2.25. The summed E-state index contributed by atoms with van der Waals surface area (Å²) in [5.74, 6) is 0.606. The Kier molecular flexibility index (Phi) is 4.40. The second kappa shape index (κ2) is 6.43. The molecule has 5 nitrogen and oxygen atoms in total. The van der Waals surface area contributed by atoms with E-state index in [-0.39, 0.29) is 12.3 Å². The van der Waals surface area contributed by atoms with E-state index < -0.39 is 0 Å². The van der Waals surface area contributed by atoms with Crippen LogP contribution in [0.3, 0.4) is 0 Å². The molecule has 0 aliphatic heterocycles. The third-order valence-electron chi connectivity index (χ3n) is 2.75. The van der Waals surface area contributed by atoms with Gasteiger partial charge in [-0.2, -0.15) is 5.26 Å². The number of rotatable bonds is 4. The summed E-state index contributed by atoms with van der Waals surface area (Å²) in [6.07, 6.45) is 1.96. The number of benzene rings is 1. The van der Waals surface area contributed by atoms with E-state index in [0.29, 0.717) is 17.9 Å². The van der Waals surface area contributed by atoms with E-state index in [1.807, 2.05) is 13.0 Å². The lowest BCUT2D eigenvalue weighted by Gasteiger charge is -2.05. The molecule has 0 unspecified atom stereocenters. The summed E-state index contributed by atoms with van der Waals surface area (Å²) in [6, 6.07) is 10.8. The summed E-state index contributed by atoms with van der Waals surface area (Å²) in [5.41, 5.74) is 2.25. The van der Waals surface area contributed by atoms with Crippen molar-refractivity contribution in [2.24, 2.45) is 0 Å². The first-order valence-corrected chi connectivity index (χ1v) is 6.21. The summed E-state index contributed by atoms with van der Waals surface area (Å²) >= 11 is 0. The molecule has 2 aromatic rings. The highest BCUT2D eigenvalue weighted by Crippen LogP contribution is 2.04. The zero-order valence-electron chi connectivity index (χ0n) is 11.1. The van der Waals surface area contributed by atoms with Gasteiger partial charge >= 0.3 is 0 Å². The maximum atomic E-state index is 11.8. The number of nitrogens with zero attached hydrogens (tertiary/aromatic N) is 3. The van der Waals surface area contributed by atoms with Crippen molar-refractivity contribution >= 4 is 5.91 Å². The van der Waals surface area contributed by atoms with Crippen molar-refractivity contribution < 1.29 is 4.79 Å². The molecule has 0 saturated heterocycles. The Bertz CT molecular complexity index is 644. The van der Waals surface area contributed by atoms with Gasteiger partial charge in [0.1, 0.15) is 5.82 Å². The molecule has 0 aliphatic rings. The second-order valence-corrected chi connectivity index (χ2v) is 4.36. The second-order valence-electron chi connectivity index (χ2n) is 4.36. The van der Waals surface area contributed by atoms with E-state index >= 15 is 0 Å². The van der Waals surface area contributed by atoms with Gasteiger partial charge in [0.05, 0.1) is 30.3 Å². The van der Waals surface area contributed by atoms with Gasteiger partial charge in [-0.1, -0.05) is 12.1 Å². The number of hydrogen-bond donors (Lipinski definition) is 1. The molecule has 1 aromatic carbocycles. The van der Waals surface area contributed by atoms with Gasteiger partial charge in [-0.25, -0.2) is 9.97 Å². The van der Waals surface area contributed by atoms with Crippen LogP contribution < -0.4 is 5.32 Å². The minimum atomic E-state index is -0.0778. The van der Waals surface area contributed by atoms with Crippen molar-refractivity contribution in [2.45, 2.75) is 19.9 Å². The van der Waals surface area contributed by atoms with Crippen molar-refractivity contribution in [3.63, 3.8) is 0 Å². The fourth-order valence-corrected chi connectivity index (χ4v) is 1.74. The quantitative estimate of drug-likeness (QED) is 0.909. The topological polar surface area (TPSA) is 78.7 Å². The zero-order valence-corrected chi connectivity index (χ0v) is 11.1. The molecule has 0 radical (unpaired) electrons. The van der Waals surface area contributed by atoms with E-state index in [1.165, 1.54) is 0 Å². The van der Waals surface area contributed by atoms with E-state index in [1.54, 1.807) is 36.5 Å². The Morgan fingerprint density at radius 1 is 1.30 bits per heavy atom. The molecule has 0 fully saturated rings. The number of hydrogen-bond acceptors (Lipinski definition) is 4. The van der Waals surface area contributed by atoms with Gasteiger partial charge in [-0.05, 0) is 30.7 Å². The lowest BCUT2D eigenvalue weighted by molar-refractivity contribution is -0.120. The first-order valence-electron chi connectivity index (χ1n) is 6.21. The third kappa shape index (κ3) is 3.89.